The Bertz CT molecular complexity index is 1370. The summed E-state index contributed by atoms with van der Waals surface area (Å²) in [7, 11) is 0. The van der Waals surface area contributed by atoms with E-state index in [1.54, 1.807) is 22.9 Å². The number of benzene rings is 1. The first-order chi connectivity index (χ1) is 14.9. The molecule has 0 saturated carbocycles. The monoisotopic (exact) mass is 455 g/mol. The summed E-state index contributed by atoms with van der Waals surface area (Å²) in [5.74, 6) is 0.802. The van der Waals surface area contributed by atoms with E-state index in [-0.39, 0.29) is 23.3 Å². The van der Waals surface area contributed by atoms with E-state index >= 15 is 0 Å². The Balaban J connectivity index is 1.86. The molecule has 0 aliphatic rings. The van der Waals surface area contributed by atoms with Crippen molar-refractivity contribution in [2.75, 3.05) is 6.61 Å². The first-order valence-electron chi connectivity index (χ1n) is 10.00. The highest BCUT2D eigenvalue weighted by molar-refractivity contribution is 7.18. The molecule has 31 heavy (non-hydrogen) atoms. The van der Waals surface area contributed by atoms with Crippen LogP contribution in [0.15, 0.2) is 46.1 Å². The van der Waals surface area contributed by atoms with Crippen LogP contribution in [-0.2, 0) is 6.54 Å². The second-order valence-corrected chi connectivity index (χ2v) is 8.97. The Morgan fingerprint density at radius 3 is 2.61 bits per heavy atom. The standard InChI is InChI=1S/C23H22ClN3O3S/c1-4-9-30-19-11-25-17(10-18(19)28)12-27-21(15-5-7-16(24)8-6-15)26-22-20(23(27)29)13(2)14(3)31-22/h5-8,10-11H,4,9,12H2,1-3H3,(H,25,28). The van der Waals surface area contributed by atoms with E-state index in [1.807, 2.05) is 32.9 Å². The summed E-state index contributed by atoms with van der Waals surface area (Å²) < 4.78 is 7.06. The number of fused-ring (bicyclic) bond motifs is 1. The highest BCUT2D eigenvalue weighted by Crippen LogP contribution is 2.29. The van der Waals surface area contributed by atoms with Crippen LogP contribution in [0.1, 0.15) is 29.5 Å². The summed E-state index contributed by atoms with van der Waals surface area (Å²) in [6.07, 6.45) is 2.36. The van der Waals surface area contributed by atoms with Crippen molar-refractivity contribution in [3.63, 3.8) is 0 Å². The van der Waals surface area contributed by atoms with Gasteiger partial charge in [-0.3, -0.25) is 14.2 Å². The van der Waals surface area contributed by atoms with Crippen LogP contribution in [0.2, 0.25) is 5.02 Å². The van der Waals surface area contributed by atoms with E-state index in [2.05, 4.69) is 4.98 Å². The quantitative estimate of drug-likeness (QED) is 0.447. The molecule has 3 aromatic heterocycles. The van der Waals surface area contributed by atoms with Crippen molar-refractivity contribution in [1.29, 1.82) is 0 Å². The van der Waals surface area contributed by atoms with E-state index < -0.39 is 0 Å². The van der Waals surface area contributed by atoms with Crippen molar-refractivity contribution in [2.24, 2.45) is 0 Å². The van der Waals surface area contributed by atoms with Crippen LogP contribution in [-0.4, -0.2) is 21.1 Å². The molecule has 0 spiro atoms. The summed E-state index contributed by atoms with van der Waals surface area (Å²) in [4.78, 5) is 35.6. The molecule has 1 aromatic carbocycles. The van der Waals surface area contributed by atoms with Crippen LogP contribution in [0.4, 0.5) is 0 Å². The predicted octanol–water partition coefficient (Wildman–Crippen LogP) is 4.92. The fourth-order valence-corrected chi connectivity index (χ4v) is 4.53. The Morgan fingerprint density at radius 1 is 1.19 bits per heavy atom. The van der Waals surface area contributed by atoms with Gasteiger partial charge in [-0.25, -0.2) is 4.98 Å². The Labute approximate surface area is 188 Å². The van der Waals surface area contributed by atoms with Gasteiger partial charge in [-0.15, -0.1) is 11.3 Å². The minimum absolute atomic E-state index is 0.135. The van der Waals surface area contributed by atoms with E-state index in [4.69, 9.17) is 21.3 Å². The van der Waals surface area contributed by atoms with Crippen LogP contribution >= 0.6 is 22.9 Å². The van der Waals surface area contributed by atoms with Gasteiger partial charge in [-0.1, -0.05) is 18.5 Å². The largest absolute Gasteiger partial charge is 0.488 e. The van der Waals surface area contributed by atoms with E-state index in [1.165, 1.54) is 17.4 Å². The molecule has 1 N–H and O–H groups in total. The number of hydrogen-bond acceptors (Lipinski definition) is 5. The number of pyridine rings is 1. The van der Waals surface area contributed by atoms with Crippen molar-refractivity contribution in [3.8, 4) is 17.1 Å². The number of halogens is 1. The first kappa shape index (κ1) is 21.3. The van der Waals surface area contributed by atoms with Gasteiger partial charge in [0.25, 0.3) is 5.56 Å². The van der Waals surface area contributed by atoms with Crippen LogP contribution in [0.25, 0.3) is 21.6 Å². The van der Waals surface area contributed by atoms with Crippen LogP contribution in [0.3, 0.4) is 0 Å². The smallest absolute Gasteiger partial charge is 0.263 e. The van der Waals surface area contributed by atoms with Gasteiger partial charge in [-0.2, -0.15) is 0 Å². The molecule has 0 bridgehead atoms. The van der Waals surface area contributed by atoms with Crippen molar-refractivity contribution >= 4 is 33.2 Å². The maximum Gasteiger partial charge on any atom is 0.263 e. The highest BCUT2D eigenvalue weighted by Gasteiger charge is 2.18. The maximum absolute atomic E-state index is 13.5. The lowest BCUT2D eigenvalue weighted by atomic mass is 10.1. The summed E-state index contributed by atoms with van der Waals surface area (Å²) >= 11 is 7.56. The zero-order valence-electron chi connectivity index (χ0n) is 17.5. The van der Waals surface area contributed by atoms with Gasteiger partial charge in [0.15, 0.2) is 5.75 Å². The Kier molecular flexibility index (Phi) is 5.98. The lowest BCUT2D eigenvalue weighted by Crippen LogP contribution is -2.25. The van der Waals surface area contributed by atoms with Crippen molar-refractivity contribution in [3.05, 3.63) is 78.3 Å². The molecular formula is C23H22ClN3O3S. The minimum Gasteiger partial charge on any atom is -0.488 e. The highest BCUT2D eigenvalue weighted by atomic mass is 35.5. The van der Waals surface area contributed by atoms with Crippen molar-refractivity contribution < 1.29 is 4.74 Å². The van der Waals surface area contributed by atoms with Gasteiger partial charge in [0, 0.05) is 33.4 Å². The Hall–Kier alpha value is -2.90. The zero-order valence-corrected chi connectivity index (χ0v) is 19.1. The minimum atomic E-state index is -0.222. The lowest BCUT2D eigenvalue weighted by molar-refractivity contribution is 0.313. The van der Waals surface area contributed by atoms with Gasteiger partial charge in [0.2, 0.25) is 5.43 Å². The molecule has 8 heteroatoms. The summed E-state index contributed by atoms with van der Waals surface area (Å²) in [5.41, 5.74) is 1.95. The molecule has 0 unspecified atom stereocenters. The zero-order chi connectivity index (χ0) is 22.1. The molecule has 3 heterocycles. The summed E-state index contributed by atoms with van der Waals surface area (Å²) in [6, 6.07) is 8.68. The fraction of sp³-hybridized carbons (Fsp3) is 0.261. The molecule has 0 fully saturated rings. The predicted molar refractivity (Wildman–Crippen MR) is 126 cm³/mol. The third-order valence-electron chi connectivity index (χ3n) is 5.12. The fourth-order valence-electron chi connectivity index (χ4n) is 3.38. The number of H-pyrrole nitrogens is 1. The third kappa shape index (κ3) is 4.16. The summed E-state index contributed by atoms with van der Waals surface area (Å²) in [6.45, 7) is 6.55. The molecule has 0 aliphatic carbocycles. The van der Waals surface area contributed by atoms with Crippen molar-refractivity contribution in [2.45, 2.75) is 33.7 Å². The van der Waals surface area contributed by atoms with Gasteiger partial charge in [0.1, 0.15) is 10.7 Å². The number of rotatable bonds is 6. The molecule has 0 atom stereocenters. The lowest BCUT2D eigenvalue weighted by Gasteiger charge is -2.13. The van der Waals surface area contributed by atoms with Gasteiger partial charge >= 0.3 is 0 Å². The molecule has 6 nitrogen and oxygen atoms in total. The third-order valence-corrected chi connectivity index (χ3v) is 6.47. The van der Waals surface area contributed by atoms with Crippen LogP contribution in [0, 0.1) is 13.8 Å². The number of ether oxygens (including phenoxy) is 1. The topological polar surface area (TPSA) is 77.0 Å². The average molecular weight is 456 g/mol. The number of aromatic amines is 1. The summed E-state index contributed by atoms with van der Waals surface area (Å²) in [5, 5.41) is 1.22. The number of hydrogen-bond donors (Lipinski definition) is 1. The molecule has 4 rings (SSSR count). The molecule has 160 valence electrons. The van der Waals surface area contributed by atoms with Crippen molar-refractivity contribution in [1.82, 2.24) is 14.5 Å². The second kappa shape index (κ2) is 8.69. The molecule has 0 amide bonds. The Morgan fingerprint density at radius 2 is 1.94 bits per heavy atom. The molecule has 4 aromatic rings. The molecule has 0 saturated heterocycles. The SMILES string of the molecule is CCCOc1c[nH]c(Cn2c(-c3ccc(Cl)cc3)nc3sc(C)c(C)c3c2=O)cc1=O. The molecule has 0 radical (unpaired) electrons. The number of thiophene rings is 1. The molecular weight excluding hydrogens is 434 g/mol. The van der Waals surface area contributed by atoms with E-state index in [0.717, 1.165) is 22.4 Å². The normalized spacial score (nSPS) is 11.2. The number of nitrogens with zero attached hydrogens (tertiary/aromatic N) is 2. The first-order valence-corrected chi connectivity index (χ1v) is 11.2. The second-order valence-electron chi connectivity index (χ2n) is 7.33. The molecule has 0 aliphatic heterocycles. The van der Waals surface area contributed by atoms with Crippen LogP contribution < -0.4 is 15.7 Å². The van der Waals surface area contributed by atoms with Gasteiger partial charge in [-0.05, 0) is 50.1 Å². The van der Waals surface area contributed by atoms with E-state index in [9.17, 15) is 9.59 Å². The van der Waals surface area contributed by atoms with E-state index in [0.29, 0.717) is 33.4 Å². The number of aromatic nitrogens is 3. The number of aryl methyl sites for hydroxylation is 2. The van der Waals surface area contributed by atoms with Gasteiger partial charge in [0.05, 0.1) is 18.5 Å². The van der Waals surface area contributed by atoms with Crippen LogP contribution in [0.5, 0.6) is 5.75 Å². The maximum atomic E-state index is 13.5. The number of nitrogens with one attached hydrogen (secondary N) is 1. The van der Waals surface area contributed by atoms with Gasteiger partial charge < -0.3 is 9.72 Å². The average Bonchev–Trinajstić information content (AvgIpc) is 3.04.